The van der Waals surface area contributed by atoms with Gasteiger partial charge in [-0.1, -0.05) is 54.6 Å². The molecule has 3 nitrogen and oxygen atoms in total. The van der Waals surface area contributed by atoms with Crippen LogP contribution in [0.3, 0.4) is 0 Å². The number of carbonyl (C=O) groups is 2. The average molecular weight is 277 g/mol. The Balaban J connectivity index is 1.75. The monoisotopic (exact) mass is 277 g/mol. The molecule has 0 spiro atoms. The van der Waals surface area contributed by atoms with Crippen LogP contribution in [-0.4, -0.2) is 18.1 Å². The van der Waals surface area contributed by atoms with Gasteiger partial charge in [0.05, 0.1) is 0 Å². The summed E-state index contributed by atoms with van der Waals surface area (Å²) in [6, 6.07) is 17.3. The van der Waals surface area contributed by atoms with E-state index >= 15 is 0 Å². The zero-order valence-corrected chi connectivity index (χ0v) is 11.5. The van der Waals surface area contributed by atoms with Crippen molar-refractivity contribution in [3.63, 3.8) is 0 Å². The third-order valence-electron chi connectivity index (χ3n) is 3.53. The summed E-state index contributed by atoms with van der Waals surface area (Å²) in [6.45, 7) is 0.714. The smallest absolute Gasteiger partial charge is 0.233 e. The fourth-order valence-corrected chi connectivity index (χ4v) is 2.46. The van der Waals surface area contributed by atoms with E-state index in [2.05, 4.69) is 17.4 Å². The minimum atomic E-state index is -0.462. The van der Waals surface area contributed by atoms with Crippen LogP contribution in [0.25, 0.3) is 5.70 Å². The van der Waals surface area contributed by atoms with Crippen molar-refractivity contribution in [1.29, 1.82) is 0 Å². The molecule has 0 unspecified atom stereocenters. The summed E-state index contributed by atoms with van der Waals surface area (Å²) in [4.78, 5) is 23.6. The van der Waals surface area contributed by atoms with Gasteiger partial charge in [-0.25, -0.2) is 0 Å². The molecule has 3 rings (SSSR count). The first-order chi connectivity index (χ1) is 10.3. The summed E-state index contributed by atoms with van der Waals surface area (Å²) >= 11 is 0. The van der Waals surface area contributed by atoms with Gasteiger partial charge in [-0.15, -0.1) is 0 Å². The van der Waals surface area contributed by atoms with Crippen molar-refractivity contribution in [2.24, 2.45) is 0 Å². The van der Waals surface area contributed by atoms with Gasteiger partial charge in [0.25, 0.3) is 0 Å². The number of hydrogen-bond donors (Lipinski definition) is 1. The molecule has 0 radical (unpaired) electrons. The standard InChI is InChI=1S/C18H15NO2/c20-17-12-16(14-8-4-5-9-15(14)18(17)21)19-11-10-13-6-2-1-3-7-13/h1-9,12,19H,10-11H2. The maximum absolute atomic E-state index is 11.8. The summed E-state index contributed by atoms with van der Waals surface area (Å²) in [5.74, 6) is -0.893. The van der Waals surface area contributed by atoms with Crippen LogP contribution in [0.4, 0.5) is 0 Å². The van der Waals surface area contributed by atoms with Crippen LogP contribution in [0.2, 0.25) is 0 Å². The molecule has 2 aromatic carbocycles. The van der Waals surface area contributed by atoms with Gasteiger partial charge < -0.3 is 5.32 Å². The van der Waals surface area contributed by atoms with Crippen molar-refractivity contribution in [3.05, 3.63) is 77.4 Å². The lowest BCUT2D eigenvalue weighted by Crippen LogP contribution is -2.25. The Morgan fingerprint density at radius 1 is 0.810 bits per heavy atom. The van der Waals surface area contributed by atoms with Gasteiger partial charge in [-0.2, -0.15) is 0 Å². The lowest BCUT2D eigenvalue weighted by molar-refractivity contribution is -0.111. The molecule has 1 aliphatic rings. The van der Waals surface area contributed by atoms with Crippen LogP contribution in [0, 0.1) is 0 Å². The van der Waals surface area contributed by atoms with Crippen LogP contribution >= 0.6 is 0 Å². The second-order valence-corrected chi connectivity index (χ2v) is 4.96. The first-order valence-electron chi connectivity index (χ1n) is 6.93. The third kappa shape index (κ3) is 2.77. The Labute approximate surface area is 123 Å². The van der Waals surface area contributed by atoms with Gasteiger partial charge >= 0.3 is 0 Å². The van der Waals surface area contributed by atoms with Crippen molar-refractivity contribution < 1.29 is 9.59 Å². The number of benzene rings is 2. The molecule has 104 valence electrons. The molecule has 0 amide bonds. The average Bonchev–Trinajstić information content (AvgIpc) is 2.53. The minimum Gasteiger partial charge on any atom is -0.384 e. The molecule has 0 saturated carbocycles. The number of carbonyl (C=O) groups excluding carboxylic acids is 2. The second kappa shape index (κ2) is 5.75. The SMILES string of the molecule is O=C1C=C(NCCc2ccccc2)c2ccccc2C1=O. The molecule has 0 saturated heterocycles. The molecule has 0 heterocycles. The lowest BCUT2D eigenvalue weighted by atomic mass is 9.93. The number of nitrogens with one attached hydrogen (secondary N) is 1. The van der Waals surface area contributed by atoms with Crippen LogP contribution in [0.15, 0.2) is 60.7 Å². The highest BCUT2D eigenvalue weighted by atomic mass is 16.2. The van der Waals surface area contributed by atoms with E-state index in [-0.39, 0.29) is 0 Å². The molecule has 1 N–H and O–H groups in total. The van der Waals surface area contributed by atoms with Gasteiger partial charge in [0.1, 0.15) is 0 Å². The molecule has 0 aromatic heterocycles. The van der Waals surface area contributed by atoms with E-state index < -0.39 is 11.6 Å². The van der Waals surface area contributed by atoms with Gasteiger partial charge in [-0.05, 0) is 12.0 Å². The Bertz CT molecular complexity index is 717. The van der Waals surface area contributed by atoms with Crippen molar-refractivity contribution in [3.8, 4) is 0 Å². The largest absolute Gasteiger partial charge is 0.384 e. The fraction of sp³-hybridized carbons (Fsp3) is 0.111. The van der Waals surface area contributed by atoms with Gasteiger partial charge in [0.15, 0.2) is 0 Å². The van der Waals surface area contributed by atoms with Crippen molar-refractivity contribution >= 4 is 17.3 Å². The summed E-state index contributed by atoms with van der Waals surface area (Å²) in [6.07, 6.45) is 2.26. The number of fused-ring (bicyclic) bond motifs is 1. The Morgan fingerprint density at radius 2 is 1.48 bits per heavy atom. The maximum Gasteiger partial charge on any atom is 0.233 e. The molecular formula is C18H15NO2. The highest BCUT2D eigenvalue weighted by molar-refractivity contribution is 6.50. The zero-order valence-electron chi connectivity index (χ0n) is 11.5. The van der Waals surface area contributed by atoms with Gasteiger partial charge in [0.2, 0.25) is 11.6 Å². The van der Waals surface area contributed by atoms with E-state index in [9.17, 15) is 9.59 Å². The number of ketones is 2. The van der Waals surface area contributed by atoms with E-state index in [1.807, 2.05) is 30.3 Å². The number of hydrogen-bond acceptors (Lipinski definition) is 3. The lowest BCUT2D eigenvalue weighted by Gasteiger charge is -2.17. The van der Waals surface area contributed by atoms with Gasteiger partial charge in [0, 0.05) is 29.4 Å². The highest BCUT2D eigenvalue weighted by Crippen LogP contribution is 2.22. The number of allylic oxidation sites excluding steroid dienone is 1. The summed E-state index contributed by atoms with van der Waals surface area (Å²) < 4.78 is 0. The Hall–Kier alpha value is -2.68. The van der Waals surface area contributed by atoms with Crippen LogP contribution < -0.4 is 5.32 Å². The first-order valence-corrected chi connectivity index (χ1v) is 6.93. The molecule has 1 aliphatic carbocycles. The van der Waals surface area contributed by atoms with Crippen molar-refractivity contribution in [2.75, 3.05) is 6.54 Å². The van der Waals surface area contributed by atoms with Crippen LogP contribution in [0.1, 0.15) is 21.5 Å². The fourth-order valence-electron chi connectivity index (χ4n) is 2.46. The molecular weight excluding hydrogens is 262 g/mol. The Morgan fingerprint density at radius 3 is 2.24 bits per heavy atom. The summed E-state index contributed by atoms with van der Waals surface area (Å²) in [5.41, 5.74) is 3.24. The van der Waals surface area contributed by atoms with E-state index in [1.165, 1.54) is 11.6 Å². The first kappa shape index (κ1) is 13.3. The van der Waals surface area contributed by atoms with Gasteiger partial charge in [-0.3, -0.25) is 9.59 Å². The van der Waals surface area contributed by atoms with Crippen molar-refractivity contribution in [2.45, 2.75) is 6.42 Å². The third-order valence-corrected chi connectivity index (χ3v) is 3.53. The Kier molecular flexibility index (Phi) is 3.65. The molecule has 2 aromatic rings. The topological polar surface area (TPSA) is 46.2 Å². The molecule has 0 atom stereocenters. The molecule has 21 heavy (non-hydrogen) atoms. The predicted molar refractivity (Wildman–Crippen MR) is 81.9 cm³/mol. The van der Waals surface area contributed by atoms with Crippen LogP contribution in [0.5, 0.6) is 0 Å². The van der Waals surface area contributed by atoms with E-state index in [0.717, 1.165) is 17.7 Å². The summed E-state index contributed by atoms with van der Waals surface area (Å²) in [5, 5.41) is 3.27. The van der Waals surface area contributed by atoms with E-state index in [4.69, 9.17) is 0 Å². The zero-order chi connectivity index (χ0) is 14.7. The minimum absolute atomic E-state index is 0.431. The quantitative estimate of drug-likeness (QED) is 0.874. The number of Topliss-reactive ketones (excluding diaryl/α,β-unsaturated/α-hetero) is 1. The predicted octanol–water partition coefficient (Wildman–Crippen LogP) is 2.63. The number of rotatable bonds is 4. The molecule has 3 heteroatoms. The molecule has 0 bridgehead atoms. The van der Waals surface area contributed by atoms with Crippen LogP contribution in [-0.2, 0) is 11.2 Å². The second-order valence-electron chi connectivity index (χ2n) is 4.96. The van der Waals surface area contributed by atoms with E-state index in [0.29, 0.717) is 12.1 Å². The van der Waals surface area contributed by atoms with E-state index in [1.54, 1.807) is 12.1 Å². The van der Waals surface area contributed by atoms with Crippen molar-refractivity contribution in [1.82, 2.24) is 5.32 Å². The molecule has 0 fully saturated rings. The highest BCUT2D eigenvalue weighted by Gasteiger charge is 2.24. The maximum atomic E-state index is 11.8. The normalized spacial score (nSPS) is 13.6. The summed E-state index contributed by atoms with van der Waals surface area (Å²) in [7, 11) is 0. The molecule has 0 aliphatic heterocycles.